The lowest BCUT2D eigenvalue weighted by atomic mass is 10.00. The van der Waals surface area contributed by atoms with Crippen LogP contribution < -0.4 is 16.4 Å². The van der Waals surface area contributed by atoms with Gasteiger partial charge in [-0.3, -0.25) is 14.4 Å². The van der Waals surface area contributed by atoms with E-state index in [1.54, 1.807) is 26.8 Å². The second-order valence-corrected chi connectivity index (χ2v) is 11.1. The summed E-state index contributed by atoms with van der Waals surface area (Å²) in [4.78, 5) is 54.1. The Bertz CT molecular complexity index is 1160. The summed E-state index contributed by atoms with van der Waals surface area (Å²) >= 11 is 0. The average Bonchev–Trinajstić information content (AvgIpc) is 2.86. The lowest BCUT2D eigenvalue weighted by Gasteiger charge is -2.34. The van der Waals surface area contributed by atoms with E-state index in [4.69, 9.17) is 10.5 Å². The molecule has 0 aromatic heterocycles. The normalized spacial score (nSPS) is 12.7. The number of nitrogens with two attached hydrogens (primary N) is 1. The van der Waals surface area contributed by atoms with Crippen LogP contribution in [-0.4, -0.2) is 46.9 Å². The molecule has 9 nitrogen and oxygen atoms in total. The smallest absolute Gasteiger partial charge is 0.408 e. The molecule has 0 aliphatic rings. The number of anilines is 1. The molecular weight excluding hydrogens is 508 g/mol. The number of carbonyl (C=O) groups excluding carboxylic acids is 4. The van der Waals surface area contributed by atoms with Gasteiger partial charge in [0.2, 0.25) is 11.8 Å². The van der Waals surface area contributed by atoms with Crippen LogP contribution >= 0.6 is 0 Å². The molecule has 9 heteroatoms. The number of carbonyl (C=O) groups is 4. The molecule has 0 bridgehead atoms. The minimum Gasteiger partial charge on any atom is -0.444 e. The Morgan fingerprint density at radius 3 is 2.17 bits per heavy atom. The Balaban J connectivity index is 2.54. The van der Waals surface area contributed by atoms with E-state index >= 15 is 0 Å². The number of hydrogen-bond acceptors (Lipinski definition) is 5. The number of benzene rings is 2. The van der Waals surface area contributed by atoms with Crippen LogP contribution in [0, 0.1) is 13.8 Å². The molecule has 4 N–H and O–H groups in total. The van der Waals surface area contributed by atoms with Crippen molar-refractivity contribution < 1.29 is 23.9 Å². The van der Waals surface area contributed by atoms with Crippen molar-refractivity contribution in [1.82, 2.24) is 10.2 Å². The molecule has 0 aliphatic heterocycles. The van der Waals surface area contributed by atoms with Gasteiger partial charge in [0.1, 0.15) is 17.7 Å². The molecule has 0 saturated heterocycles. The molecule has 2 aromatic rings. The average molecular weight is 553 g/mol. The molecule has 0 heterocycles. The van der Waals surface area contributed by atoms with Crippen LogP contribution in [0.1, 0.15) is 82.5 Å². The maximum Gasteiger partial charge on any atom is 0.408 e. The first kappa shape index (κ1) is 32.3. The summed E-state index contributed by atoms with van der Waals surface area (Å²) in [5.74, 6) is -1.76. The molecule has 0 fully saturated rings. The predicted molar refractivity (Wildman–Crippen MR) is 157 cm³/mol. The van der Waals surface area contributed by atoms with Gasteiger partial charge < -0.3 is 26.0 Å². The Labute approximate surface area is 237 Å². The summed E-state index contributed by atoms with van der Waals surface area (Å²) < 4.78 is 5.34. The molecule has 4 amide bonds. The highest BCUT2D eigenvalue weighted by atomic mass is 16.6. The minimum atomic E-state index is -1.31. The number of primary amides is 1. The number of alkyl carbamates (subject to hydrolysis) is 1. The summed E-state index contributed by atoms with van der Waals surface area (Å²) in [5, 5.41) is 5.49. The zero-order valence-electron chi connectivity index (χ0n) is 24.6. The molecule has 0 saturated carbocycles. The van der Waals surface area contributed by atoms with Crippen LogP contribution in [0.25, 0.3) is 0 Å². The number of rotatable bonds is 13. The monoisotopic (exact) mass is 552 g/mol. The van der Waals surface area contributed by atoms with Crippen LogP contribution in [0.15, 0.2) is 48.5 Å². The van der Waals surface area contributed by atoms with Gasteiger partial charge in [0.05, 0.1) is 6.42 Å². The fraction of sp³-hybridized carbons (Fsp3) is 0.484. The van der Waals surface area contributed by atoms with Gasteiger partial charge in [-0.05, 0) is 58.2 Å². The molecule has 0 spiro atoms. The number of nitrogens with one attached hydrogen (secondary N) is 2. The van der Waals surface area contributed by atoms with E-state index in [0.717, 1.165) is 30.4 Å². The summed E-state index contributed by atoms with van der Waals surface area (Å²) in [6.45, 7) is 11.2. The number of amides is 4. The zero-order chi connectivity index (χ0) is 29.9. The van der Waals surface area contributed by atoms with Gasteiger partial charge in [-0.25, -0.2) is 4.79 Å². The van der Waals surface area contributed by atoms with E-state index in [1.165, 1.54) is 4.90 Å². The Morgan fingerprint density at radius 1 is 0.950 bits per heavy atom. The van der Waals surface area contributed by atoms with Gasteiger partial charge in [0, 0.05) is 12.2 Å². The Kier molecular flexibility index (Phi) is 12.2. The molecule has 2 atom stereocenters. The largest absolute Gasteiger partial charge is 0.444 e. The topological polar surface area (TPSA) is 131 Å². The second kappa shape index (κ2) is 15.1. The maximum atomic E-state index is 14.1. The van der Waals surface area contributed by atoms with Crippen molar-refractivity contribution in [2.45, 2.75) is 91.3 Å². The van der Waals surface area contributed by atoms with Gasteiger partial charge in [0.15, 0.2) is 0 Å². The van der Waals surface area contributed by atoms with Crippen molar-refractivity contribution in [2.75, 3.05) is 11.9 Å². The van der Waals surface area contributed by atoms with E-state index in [0.29, 0.717) is 17.7 Å². The summed E-state index contributed by atoms with van der Waals surface area (Å²) in [7, 11) is 0. The minimum absolute atomic E-state index is 0.240. The highest BCUT2D eigenvalue weighted by Crippen LogP contribution is 2.27. The van der Waals surface area contributed by atoms with Crippen molar-refractivity contribution in [2.24, 2.45) is 5.73 Å². The van der Waals surface area contributed by atoms with Crippen LogP contribution in [0.5, 0.6) is 0 Å². The van der Waals surface area contributed by atoms with Crippen LogP contribution in [0.2, 0.25) is 0 Å². The fourth-order valence-electron chi connectivity index (χ4n) is 4.26. The lowest BCUT2D eigenvalue weighted by molar-refractivity contribution is -0.142. The third-order valence-corrected chi connectivity index (χ3v) is 6.29. The van der Waals surface area contributed by atoms with Gasteiger partial charge in [-0.2, -0.15) is 0 Å². The Morgan fingerprint density at radius 2 is 1.60 bits per heavy atom. The predicted octanol–water partition coefficient (Wildman–Crippen LogP) is 5.16. The van der Waals surface area contributed by atoms with Crippen molar-refractivity contribution in [3.05, 3.63) is 65.2 Å². The van der Waals surface area contributed by atoms with Crippen molar-refractivity contribution in [3.8, 4) is 0 Å². The first-order chi connectivity index (χ1) is 18.8. The molecule has 40 heavy (non-hydrogen) atoms. The molecule has 218 valence electrons. The van der Waals surface area contributed by atoms with Gasteiger partial charge in [0.25, 0.3) is 5.91 Å². The standard InChI is InChI=1S/C31H44N4O5/c1-7-8-9-12-19-35(29(38)25(20-26(32)36)34-30(39)40-31(4,5)6)27(23-17-15-21(2)16-18-23)28(37)33-24-14-11-10-13-22(24)3/h10-11,13-18,25,27H,7-9,12,19-20H2,1-6H3,(H2,32,36)(H,33,37)(H,34,39). The number of para-hydroxylation sites is 1. The molecule has 2 aromatic carbocycles. The van der Waals surface area contributed by atoms with Gasteiger partial charge in [-0.1, -0.05) is 74.2 Å². The van der Waals surface area contributed by atoms with E-state index < -0.39 is 47.9 Å². The first-order valence-electron chi connectivity index (χ1n) is 13.8. The number of hydrogen-bond donors (Lipinski definition) is 3. The van der Waals surface area contributed by atoms with E-state index in [2.05, 4.69) is 17.6 Å². The summed E-state index contributed by atoms with van der Waals surface area (Å²) in [6, 6.07) is 12.4. The molecular formula is C31H44N4O5. The molecule has 2 unspecified atom stereocenters. The highest BCUT2D eigenvalue weighted by molar-refractivity contribution is 6.00. The van der Waals surface area contributed by atoms with Gasteiger partial charge >= 0.3 is 6.09 Å². The lowest BCUT2D eigenvalue weighted by Crippen LogP contribution is -2.53. The summed E-state index contributed by atoms with van der Waals surface area (Å²) in [5.41, 5.74) is 7.77. The number of aryl methyl sites for hydroxylation is 2. The SMILES string of the molecule is CCCCCCN(C(=O)C(CC(N)=O)NC(=O)OC(C)(C)C)C(C(=O)Nc1ccccc1C)c1ccc(C)cc1. The molecule has 0 aliphatic carbocycles. The van der Waals surface area contributed by atoms with E-state index in [9.17, 15) is 19.2 Å². The fourth-order valence-corrected chi connectivity index (χ4v) is 4.26. The zero-order valence-corrected chi connectivity index (χ0v) is 24.6. The van der Waals surface area contributed by atoms with Crippen molar-refractivity contribution >= 4 is 29.5 Å². The van der Waals surface area contributed by atoms with Crippen LogP contribution in [0.3, 0.4) is 0 Å². The van der Waals surface area contributed by atoms with E-state index in [1.807, 2.05) is 56.3 Å². The number of ether oxygens (including phenoxy) is 1. The van der Waals surface area contributed by atoms with Crippen LogP contribution in [-0.2, 0) is 19.1 Å². The Hall–Kier alpha value is -3.88. The summed E-state index contributed by atoms with van der Waals surface area (Å²) in [6.07, 6.45) is 2.15. The molecule has 2 rings (SSSR count). The number of nitrogens with zero attached hydrogens (tertiary/aromatic N) is 1. The maximum absolute atomic E-state index is 14.1. The molecule has 0 radical (unpaired) electrons. The number of unbranched alkanes of at least 4 members (excludes halogenated alkanes) is 3. The van der Waals surface area contributed by atoms with Gasteiger partial charge in [-0.15, -0.1) is 0 Å². The second-order valence-electron chi connectivity index (χ2n) is 11.1. The third-order valence-electron chi connectivity index (χ3n) is 6.29. The van der Waals surface area contributed by atoms with Crippen molar-refractivity contribution in [3.63, 3.8) is 0 Å². The highest BCUT2D eigenvalue weighted by Gasteiger charge is 2.37. The van der Waals surface area contributed by atoms with E-state index in [-0.39, 0.29) is 6.54 Å². The third kappa shape index (κ3) is 10.4. The first-order valence-corrected chi connectivity index (χ1v) is 13.8. The van der Waals surface area contributed by atoms with Crippen LogP contribution in [0.4, 0.5) is 10.5 Å². The quantitative estimate of drug-likeness (QED) is 0.296. The van der Waals surface area contributed by atoms with Crippen molar-refractivity contribution in [1.29, 1.82) is 0 Å².